The zero-order valence-electron chi connectivity index (χ0n) is 16.1. The Bertz CT molecular complexity index is 379. The molecule has 0 spiro atoms. The van der Waals surface area contributed by atoms with Crippen LogP contribution in [0.25, 0.3) is 0 Å². The molecule has 1 atom stereocenters. The number of hydrogen-bond acceptors (Lipinski definition) is 0. The number of aryl methyl sites for hydroxylation is 1. The number of benzene rings is 1. The molecule has 0 N–H and O–H groups in total. The second-order valence-corrected chi connectivity index (χ2v) is 7.49. The van der Waals surface area contributed by atoms with Crippen LogP contribution in [0.15, 0.2) is 24.3 Å². The zero-order chi connectivity index (χ0) is 16.8. The van der Waals surface area contributed by atoms with Crippen LogP contribution < -0.4 is 0 Å². The van der Waals surface area contributed by atoms with Crippen LogP contribution >= 0.6 is 0 Å². The SMILES string of the molecule is CCCCCCCCCCCCCCC(C)c1cccc(C)c1. The summed E-state index contributed by atoms with van der Waals surface area (Å²) < 4.78 is 0. The van der Waals surface area contributed by atoms with Crippen molar-refractivity contribution in [2.45, 2.75) is 110 Å². The van der Waals surface area contributed by atoms with Gasteiger partial charge in [-0.25, -0.2) is 0 Å². The minimum absolute atomic E-state index is 0.720. The van der Waals surface area contributed by atoms with Gasteiger partial charge in [0.2, 0.25) is 0 Å². The molecule has 0 nitrogen and oxygen atoms in total. The Balaban J connectivity index is 1.90. The zero-order valence-corrected chi connectivity index (χ0v) is 16.1. The Morgan fingerprint density at radius 2 is 1.26 bits per heavy atom. The van der Waals surface area contributed by atoms with Crippen molar-refractivity contribution in [3.05, 3.63) is 35.4 Å². The summed E-state index contributed by atoms with van der Waals surface area (Å²) in [6, 6.07) is 9.03. The maximum atomic E-state index is 2.38. The fourth-order valence-corrected chi connectivity index (χ4v) is 3.43. The van der Waals surface area contributed by atoms with Crippen LogP contribution in [-0.4, -0.2) is 0 Å². The fraction of sp³-hybridized carbons (Fsp3) is 0.739. The molecule has 132 valence electrons. The number of hydrogen-bond donors (Lipinski definition) is 0. The monoisotopic (exact) mass is 316 g/mol. The first-order valence-electron chi connectivity index (χ1n) is 10.3. The lowest BCUT2D eigenvalue weighted by molar-refractivity contribution is 0.528. The molecular weight excluding hydrogens is 276 g/mol. The summed E-state index contributed by atoms with van der Waals surface area (Å²) in [7, 11) is 0. The standard InChI is InChI=1S/C23H40/c1-4-5-6-7-8-9-10-11-12-13-14-15-18-22(3)23-19-16-17-21(2)20-23/h16-17,19-20,22H,4-15,18H2,1-3H3. The molecule has 0 saturated carbocycles. The summed E-state index contributed by atoms with van der Waals surface area (Å²) in [5.41, 5.74) is 2.91. The Kier molecular flexibility index (Phi) is 12.0. The van der Waals surface area contributed by atoms with Crippen molar-refractivity contribution in [3.63, 3.8) is 0 Å². The molecule has 1 aromatic rings. The molecule has 23 heavy (non-hydrogen) atoms. The largest absolute Gasteiger partial charge is 0.0654 e. The molecule has 1 unspecified atom stereocenters. The van der Waals surface area contributed by atoms with Crippen molar-refractivity contribution in [1.82, 2.24) is 0 Å². The molecule has 0 radical (unpaired) electrons. The van der Waals surface area contributed by atoms with E-state index in [4.69, 9.17) is 0 Å². The van der Waals surface area contributed by atoms with E-state index in [2.05, 4.69) is 45.0 Å². The molecule has 0 aliphatic heterocycles. The van der Waals surface area contributed by atoms with E-state index in [-0.39, 0.29) is 0 Å². The third kappa shape index (κ3) is 10.6. The highest BCUT2D eigenvalue weighted by molar-refractivity contribution is 5.24. The van der Waals surface area contributed by atoms with E-state index in [1.165, 1.54) is 94.6 Å². The summed E-state index contributed by atoms with van der Waals surface area (Å²) in [4.78, 5) is 0. The lowest BCUT2D eigenvalue weighted by Gasteiger charge is -2.12. The molecule has 0 aromatic heterocycles. The van der Waals surface area contributed by atoms with Gasteiger partial charge in [0.25, 0.3) is 0 Å². The van der Waals surface area contributed by atoms with Gasteiger partial charge >= 0.3 is 0 Å². The van der Waals surface area contributed by atoms with Gasteiger partial charge in [-0.15, -0.1) is 0 Å². The lowest BCUT2D eigenvalue weighted by atomic mass is 9.93. The van der Waals surface area contributed by atoms with Gasteiger partial charge in [-0.1, -0.05) is 121 Å². The van der Waals surface area contributed by atoms with Crippen LogP contribution in [0.5, 0.6) is 0 Å². The molecule has 1 rings (SSSR count). The van der Waals surface area contributed by atoms with Crippen molar-refractivity contribution in [2.75, 3.05) is 0 Å². The summed E-state index contributed by atoms with van der Waals surface area (Å²) in [6.07, 6.45) is 18.6. The molecule has 0 amide bonds. The minimum atomic E-state index is 0.720. The molecular formula is C23H40. The van der Waals surface area contributed by atoms with Crippen molar-refractivity contribution in [1.29, 1.82) is 0 Å². The highest BCUT2D eigenvalue weighted by Crippen LogP contribution is 2.23. The first kappa shape index (κ1) is 20.3. The summed E-state index contributed by atoms with van der Waals surface area (Å²) in [6.45, 7) is 6.87. The Morgan fingerprint density at radius 3 is 1.78 bits per heavy atom. The minimum Gasteiger partial charge on any atom is -0.0654 e. The summed E-state index contributed by atoms with van der Waals surface area (Å²) in [5.74, 6) is 0.720. The van der Waals surface area contributed by atoms with Crippen molar-refractivity contribution >= 4 is 0 Å². The second kappa shape index (κ2) is 13.6. The molecule has 0 fully saturated rings. The normalized spacial score (nSPS) is 12.5. The number of unbranched alkanes of at least 4 members (excludes halogenated alkanes) is 11. The van der Waals surface area contributed by atoms with Crippen LogP contribution in [0, 0.1) is 6.92 Å². The maximum Gasteiger partial charge on any atom is -0.0190 e. The quantitative estimate of drug-likeness (QED) is 0.303. The molecule has 0 aliphatic carbocycles. The smallest absolute Gasteiger partial charge is 0.0190 e. The average molecular weight is 317 g/mol. The van der Waals surface area contributed by atoms with Crippen LogP contribution in [0.4, 0.5) is 0 Å². The summed E-state index contributed by atoms with van der Waals surface area (Å²) >= 11 is 0. The average Bonchev–Trinajstić information content (AvgIpc) is 2.55. The van der Waals surface area contributed by atoms with Crippen LogP contribution in [0.2, 0.25) is 0 Å². The van der Waals surface area contributed by atoms with Crippen LogP contribution in [0.1, 0.15) is 114 Å². The predicted molar refractivity (Wildman–Crippen MR) is 105 cm³/mol. The first-order chi connectivity index (χ1) is 11.2. The maximum absolute atomic E-state index is 2.38. The van der Waals surface area contributed by atoms with E-state index < -0.39 is 0 Å². The first-order valence-corrected chi connectivity index (χ1v) is 10.3. The van der Waals surface area contributed by atoms with Gasteiger partial charge in [-0.05, 0) is 24.8 Å². The Labute approximate surface area is 146 Å². The van der Waals surface area contributed by atoms with Gasteiger partial charge in [-0.3, -0.25) is 0 Å². The molecule has 0 saturated heterocycles. The van der Waals surface area contributed by atoms with Gasteiger partial charge in [0.05, 0.1) is 0 Å². The number of rotatable bonds is 14. The summed E-state index contributed by atoms with van der Waals surface area (Å²) in [5, 5.41) is 0. The van der Waals surface area contributed by atoms with Crippen LogP contribution in [0.3, 0.4) is 0 Å². The molecule has 0 heterocycles. The van der Waals surface area contributed by atoms with Gasteiger partial charge in [-0.2, -0.15) is 0 Å². The van der Waals surface area contributed by atoms with Crippen molar-refractivity contribution in [3.8, 4) is 0 Å². The van der Waals surface area contributed by atoms with Crippen molar-refractivity contribution < 1.29 is 0 Å². The predicted octanol–water partition coefficient (Wildman–Crippen LogP) is 8.19. The Hall–Kier alpha value is -0.780. The third-order valence-corrected chi connectivity index (χ3v) is 5.10. The van der Waals surface area contributed by atoms with Gasteiger partial charge in [0.15, 0.2) is 0 Å². The second-order valence-electron chi connectivity index (χ2n) is 7.49. The lowest BCUT2D eigenvalue weighted by Crippen LogP contribution is -1.94. The van der Waals surface area contributed by atoms with Gasteiger partial charge in [0, 0.05) is 0 Å². The molecule has 1 aromatic carbocycles. The fourth-order valence-electron chi connectivity index (χ4n) is 3.43. The van der Waals surface area contributed by atoms with Gasteiger partial charge < -0.3 is 0 Å². The highest BCUT2D eigenvalue weighted by atomic mass is 14.1. The Morgan fingerprint density at radius 1 is 0.739 bits per heavy atom. The topological polar surface area (TPSA) is 0 Å². The van der Waals surface area contributed by atoms with E-state index in [9.17, 15) is 0 Å². The molecule has 0 bridgehead atoms. The van der Waals surface area contributed by atoms with E-state index in [1.807, 2.05) is 0 Å². The van der Waals surface area contributed by atoms with E-state index in [0.29, 0.717) is 0 Å². The van der Waals surface area contributed by atoms with E-state index in [0.717, 1.165) is 5.92 Å². The van der Waals surface area contributed by atoms with E-state index in [1.54, 1.807) is 0 Å². The van der Waals surface area contributed by atoms with Gasteiger partial charge in [0.1, 0.15) is 0 Å². The van der Waals surface area contributed by atoms with Crippen molar-refractivity contribution in [2.24, 2.45) is 0 Å². The highest BCUT2D eigenvalue weighted by Gasteiger charge is 2.05. The molecule has 0 aliphatic rings. The third-order valence-electron chi connectivity index (χ3n) is 5.10. The van der Waals surface area contributed by atoms with Crippen LogP contribution in [-0.2, 0) is 0 Å². The molecule has 0 heteroatoms. The van der Waals surface area contributed by atoms with E-state index >= 15 is 0 Å².